The van der Waals surface area contributed by atoms with E-state index in [0.29, 0.717) is 0 Å². The third-order valence-electron chi connectivity index (χ3n) is 2.79. The number of nitrogens with zero attached hydrogens (tertiary/aromatic N) is 1. The van der Waals surface area contributed by atoms with Crippen molar-refractivity contribution in [3.8, 4) is 0 Å². The highest BCUT2D eigenvalue weighted by atomic mass is 79.9. The van der Waals surface area contributed by atoms with Gasteiger partial charge >= 0.3 is 0 Å². The van der Waals surface area contributed by atoms with Crippen molar-refractivity contribution in [2.45, 2.75) is 19.4 Å². The maximum Gasteiger partial charge on any atom is 0.0758 e. The van der Waals surface area contributed by atoms with E-state index in [1.54, 1.807) is 23.7 Å². The first kappa shape index (κ1) is 15.4. The highest BCUT2D eigenvalue weighted by molar-refractivity contribution is 9.12. The molecular formula is C13H13Br2ClN2S. The molecule has 0 fully saturated rings. The van der Waals surface area contributed by atoms with Gasteiger partial charge in [-0.25, -0.2) is 0 Å². The molecule has 0 bridgehead atoms. The molecule has 2 rings (SSSR count). The van der Waals surface area contributed by atoms with E-state index in [0.717, 1.165) is 31.1 Å². The molecule has 19 heavy (non-hydrogen) atoms. The SMILES string of the molecule is CCNC(Cc1ccncc1Cl)c1cc(Br)sc1Br. The van der Waals surface area contributed by atoms with Crippen molar-refractivity contribution in [1.82, 2.24) is 10.3 Å². The van der Waals surface area contributed by atoms with Crippen molar-refractivity contribution in [3.05, 3.63) is 48.2 Å². The van der Waals surface area contributed by atoms with Gasteiger partial charge in [0.2, 0.25) is 0 Å². The van der Waals surface area contributed by atoms with E-state index in [9.17, 15) is 0 Å². The minimum atomic E-state index is 0.238. The molecule has 1 atom stereocenters. The third kappa shape index (κ3) is 4.02. The minimum Gasteiger partial charge on any atom is -0.310 e. The van der Waals surface area contributed by atoms with Crippen LogP contribution in [0.3, 0.4) is 0 Å². The van der Waals surface area contributed by atoms with Crippen LogP contribution in [-0.2, 0) is 6.42 Å². The lowest BCUT2D eigenvalue weighted by Crippen LogP contribution is -2.23. The number of hydrogen-bond donors (Lipinski definition) is 1. The summed E-state index contributed by atoms with van der Waals surface area (Å²) in [5.41, 5.74) is 2.36. The summed E-state index contributed by atoms with van der Waals surface area (Å²) in [5, 5.41) is 4.22. The molecule has 0 aliphatic heterocycles. The quantitative estimate of drug-likeness (QED) is 0.712. The van der Waals surface area contributed by atoms with Gasteiger partial charge in [0, 0.05) is 18.4 Å². The second-order valence-corrected chi connectivity index (χ2v) is 8.22. The molecule has 0 radical (unpaired) electrons. The van der Waals surface area contributed by atoms with Crippen LogP contribution in [0.1, 0.15) is 24.1 Å². The summed E-state index contributed by atoms with van der Waals surface area (Å²) in [5.74, 6) is 0. The van der Waals surface area contributed by atoms with Crippen LogP contribution in [0.25, 0.3) is 0 Å². The zero-order valence-corrected chi connectivity index (χ0v) is 15.0. The molecule has 0 aromatic carbocycles. The Bertz CT molecular complexity index is 559. The lowest BCUT2D eigenvalue weighted by Gasteiger charge is -2.18. The summed E-state index contributed by atoms with van der Waals surface area (Å²) >= 11 is 15.0. The van der Waals surface area contributed by atoms with E-state index in [-0.39, 0.29) is 6.04 Å². The van der Waals surface area contributed by atoms with Crippen molar-refractivity contribution in [1.29, 1.82) is 0 Å². The maximum atomic E-state index is 6.19. The molecule has 2 heterocycles. The molecule has 2 nitrogen and oxygen atoms in total. The Labute approximate surface area is 138 Å². The summed E-state index contributed by atoms with van der Waals surface area (Å²) in [6.45, 7) is 3.02. The predicted molar refractivity (Wildman–Crippen MR) is 89.1 cm³/mol. The first-order valence-electron chi connectivity index (χ1n) is 5.88. The molecule has 2 aromatic heterocycles. The Hall–Kier alpha value is 0.0600. The maximum absolute atomic E-state index is 6.19. The van der Waals surface area contributed by atoms with E-state index in [2.05, 4.69) is 55.2 Å². The predicted octanol–water partition coefficient (Wildman–Crippen LogP) is 5.21. The molecule has 6 heteroatoms. The van der Waals surface area contributed by atoms with Gasteiger partial charge in [-0.3, -0.25) is 4.98 Å². The smallest absolute Gasteiger partial charge is 0.0758 e. The van der Waals surface area contributed by atoms with Crippen molar-refractivity contribution < 1.29 is 0 Å². The van der Waals surface area contributed by atoms with Gasteiger partial charge in [-0.15, -0.1) is 11.3 Å². The topological polar surface area (TPSA) is 24.9 Å². The first-order chi connectivity index (χ1) is 9.11. The Kier molecular flexibility index (Phi) is 5.84. The van der Waals surface area contributed by atoms with Crippen molar-refractivity contribution in [3.63, 3.8) is 0 Å². The third-order valence-corrected chi connectivity index (χ3v) is 5.52. The number of aromatic nitrogens is 1. The molecular weight excluding hydrogens is 411 g/mol. The summed E-state index contributed by atoms with van der Waals surface area (Å²) in [7, 11) is 0. The van der Waals surface area contributed by atoms with E-state index in [1.165, 1.54) is 5.56 Å². The lowest BCUT2D eigenvalue weighted by atomic mass is 10.0. The van der Waals surface area contributed by atoms with Crippen LogP contribution in [0.2, 0.25) is 5.02 Å². The van der Waals surface area contributed by atoms with E-state index < -0.39 is 0 Å². The normalized spacial score (nSPS) is 12.6. The lowest BCUT2D eigenvalue weighted by molar-refractivity contribution is 0.549. The highest BCUT2D eigenvalue weighted by Crippen LogP contribution is 2.37. The van der Waals surface area contributed by atoms with Crippen LogP contribution >= 0.6 is 54.8 Å². The number of rotatable bonds is 5. The summed E-state index contributed by atoms with van der Waals surface area (Å²) < 4.78 is 2.27. The number of halogens is 3. The number of pyridine rings is 1. The van der Waals surface area contributed by atoms with Gasteiger partial charge < -0.3 is 5.32 Å². The Balaban J connectivity index is 2.26. The highest BCUT2D eigenvalue weighted by Gasteiger charge is 2.18. The second kappa shape index (κ2) is 7.18. The molecule has 2 aromatic rings. The summed E-state index contributed by atoms with van der Waals surface area (Å²) in [6, 6.07) is 4.36. The number of nitrogens with one attached hydrogen (secondary N) is 1. The van der Waals surface area contributed by atoms with Crippen molar-refractivity contribution in [2.24, 2.45) is 0 Å². The van der Waals surface area contributed by atoms with Crippen LogP contribution in [0, 0.1) is 0 Å². The zero-order chi connectivity index (χ0) is 13.8. The Morgan fingerprint density at radius 1 is 1.47 bits per heavy atom. The zero-order valence-electron chi connectivity index (χ0n) is 10.3. The minimum absolute atomic E-state index is 0.238. The standard InChI is InChI=1S/C13H13Br2ClN2S/c1-2-18-11(9-6-12(14)19-13(9)15)5-8-3-4-17-7-10(8)16/h3-4,6-7,11,18H,2,5H2,1H3. The van der Waals surface area contributed by atoms with Crippen molar-refractivity contribution >= 4 is 54.8 Å². The summed E-state index contributed by atoms with van der Waals surface area (Å²) in [6.07, 6.45) is 4.32. The second-order valence-electron chi connectivity index (χ2n) is 4.06. The van der Waals surface area contributed by atoms with Gasteiger partial charge in [-0.2, -0.15) is 0 Å². The van der Waals surface area contributed by atoms with Gasteiger partial charge in [0.25, 0.3) is 0 Å². The molecule has 0 aliphatic rings. The first-order valence-corrected chi connectivity index (χ1v) is 8.66. The number of likely N-dealkylation sites (N-methyl/N-ethyl adjacent to an activating group) is 1. The molecule has 1 N–H and O–H groups in total. The molecule has 0 aliphatic carbocycles. The molecule has 0 spiro atoms. The monoisotopic (exact) mass is 422 g/mol. The average Bonchev–Trinajstić information content (AvgIpc) is 2.70. The number of thiophene rings is 1. The van der Waals surface area contributed by atoms with Gasteiger partial charge in [-0.1, -0.05) is 18.5 Å². The Morgan fingerprint density at radius 2 is 2.26 bits per heavy atom. The van der Waals surface area contributed by atoms with Crippen LogP contribution in [-0.4, -0.2) is 11.5 Å². The fraction of sp³-hybridized carbons (Fsp3) is 0.308. The van der Waals surface area contributed by atoms with Crippen LogP contribution in [0.5, 0.6) is 0 Å². The molecule has 1 unspecified atom stereocenters. The largest absolute Gasteiger partial charge is 0.310 e. The van der Waals surface area contributed by atoms with Gasteiger partial charge in [0.05, 0.1) is 12.6 Å². The molecule has 0 saturated heterocycles. The van der Waals surface area contributed by atoms with E-state index >= 15 is 0 Å². The molecule has 0 amide bonds. The van der Waals surface area contributed by atoms with Crippen LogP contribution < -0.4 is 5.32 Å². The van der Waals surface area contributed by atoms with E-state index in [1.807, 2.05) is 6.07 Å². The van der Waals surface area contributed by atoms with Crippen LogP contribution in [0.15, 0.2) is 32.1 Å². The van der Waals surface area contributed by atoms with E-state index in [4.69, 9.17) is 11.6 Å². The fourth-order valence-electron chi connectivity index (χ4n) is 1.92. The van der Waals surface area contributed by atoms with Gasteiger partial charge in [-0.05, 0) is 68.1 Å². The fourth-order valence-corrected chi connectivity index (χ4v) is 5.09. The van der Waals surface area contributed by atoms with Crippen molar-refractivity contribution in [2.75, 3.05) is 6.54 Å². The van der Waals surface area contributed by atoms with Gasteiger partial charge in [0.15, 0.2) is 0 Å². The number of hydrogen-bond acceptors (Lipinski definition) is 3. The molecule has 102 valence electrons. The van der Waals surface area contributed by atoms with Crippen LogP contribution in [0.4, 0.5) is 0 Å². The van der Waals surface area contributed by atoms with Gasteiger partial charge in [0.1, 0.15) is 0 Å². The summed E-state index contributed by atoms with van der Waals surface area (Å²) in [4.78, 5) is 4.03. The Morgan fingerprint density at radius 3 is 2.84 bits per heavy atom. The average molecular weight is 425 g/mol. The molecule has 0 saturated carbocycles.